The summed E-state index contributed by atoms with van der Waals surface area (Å²) in [5.74, 6) is 1.32. The number of aromatic amines is 1. The molecule has 2 saturated heterocycles. The standard InChI is InChI=1S/C47H51ClN6O5S/c48-37-5-2-33(3-6-37)41-27-47(16-1-17-47)18-10-36(41)30-53-20-12-32(13-21-53)34-4-8-40(44(25-34)59-38-24-35-11-19-49-45(35)51-29-38)46(55)52-60-39-7-9-42(43(26-39)54(56)57)50-28-31-14-22-58-23-15-31/h2-9,11,19,24-26,29,31-32,50H,1,10,12-18,20-23,27-28,30H2,(H,49,51)(H,52,55). The van der Waals surface area contributed by atoms with Crippen LogP contribution >= 0.6 is 23.5 Å². The molecule has 0 bridgehead atoms. The molecule has 312 valence electrons. The van der Waals surface area contributed by atoms with Gasteiger partial charge in [0, 0.05) is 53.9 Å². The van der Waals surface area contributed by atoms with Gasteiger partial charge in [-0.3, -0.25) is 24.5 Å². The van der Waals surface area contributed by atoms with E-state index in [0.29, 0.717) is 64.7 Å². The van der Waals surface area contributed by atoms with Crippen LogP contribution in [0.1, 0.15) is 91.6 Å². The molecule has 2 aliphatic heterocycles. The van der Waals surface area contributed by atoms with Crippen LogP contribution in [0.25, 0.3) is 16.6 Å². The number of aromatic nitrogens is 2. The number of nitrogens with one attached hydrogen (secondary N) is 3. The fourth-order valence-corrected chi connectivity index (χ4v) is 10.2. The van der Waals surface area contributed by atoms with E-state index in [9.17, 15) is 14.9 Å². The van der Waals surface area contributed by atoms with Gasteiger partial charge in [-0.25, -0.2) is 4.98 Å². The number of nitro benzene ring substituents is 1. The van der Waals surface area contributed by atoms with Crippen molar-refractivity contribution < 1.29 is 19.2 Å². The maximum atomic E-state index is 13.9. The Balaban J connectivity index is 0.894. The zero-order valence-electron chi connectivity index (χ0n) is 33.7. The molecule has 9 rings (SSSR count). The maximum Gasteiger partial charge on any atom is 0.293 e. The Labute approximate surface area is 359 Å². The zero-order chi connectivity index (χ0) is 41.1. The molecule has 60 heavy (non-hydrogen) atoms. The van der Waals surface area contributed by atoms with E-state index < -0.39 is 4.92 Å². The first-order valence-corrected chi connectivity index (χ1v) is 22.5. The van der Waals surface area contributed by atoms with Crippen LogP contribution in [-0.2, 0) is 4.74 Å². The average molecular weight is 847 g/mol. The molecule has 2 aromatic heterocycles. The summed E-state index contributed by atoms with van der Waals surface area (Å²) in [5, 5.41) is 17.0. The lowest BCUT2D eigenvalue weighted by Gasteiger charge is -2.47. The predicted octanol–water partition coefficient (Wildman–Crippen LogP) is 11.2. The molecule has 2 aliphatic carbocycles. The molecular formula is C47H51ClN6O5S. The van der Waals surface area contributed by atoms with Crippen LogP contribution in [-0.4, -0.2) is 65.1 Å². The van der Waals surface area contributed by atoms with Crippen LogP contribution in [0.15, 0.2) is 95.7 Å². The Morgan fingerprint density at radius 3 is 2.60 bits per heavy atom. The van der Waals surface area contributed by atoms with Crippen molar-refractivity contribution in [2.24, 2.45) is 11.3 Å². The van der Waals surface area contributed by atoms with Crippen molar-refractivity contribution >= 4 is 57.4 Å². The number of amides is 1. The van der Waals surface area contributed by atoms with Crippen molar-refractivity contribution in [1.82, 2.24) is 19.6 Å². The van der Waals surface area contributed by atoms with Crippen molar-refractivity contribution in [3.8, 4) is 11.5 Å². The second-order valence-electron chi connectivity index (χ2n) is 17.0. The highest BCUT2D eigenvalue weighted by Crippen LogP contribution is 2.55. The number of benzene rings is 3. The Hall–Kier alpha value is -4.88. The second-order valence-corrected chi connectivity index (χ2v) is 18.3. The molecule has 1 saturated carbocycles. The Bertz CT molecular complexity index is 2380. The topological polar surface area (TPSA) is 135 Å². The quantitative estimate of drug-likeness (QED) is 0.0601. The molecular weight excluding hydrogens is 796 g/mol. The van der Waals surface area contributed by atoms with Gasteiger partial charge in [0.15, 0.2) is 0 Å². The number of carbonyl (C=O) groups excluding carboxylic acids is 1. The number of piperidine rings is 1. The molecule has 3 aromatic carbocycles. The summed E-state index contributed by atoms with van der Waals surface area (Å²) in [6, 6.07) is 23.2. The molecule has 1 amide bonds. The van der Waals surface area contributed by atoms with Gasteiger partial charge in [-0.15, -0.1) is 0 Å². The van der Waals surface area contributed by atoms with Gasteiger partial charge < -0.3 is 19.8 Å². The third-order valence-electron chi connectivity index (χ3n) is 13.2. The van der Waals surface area contributed by atoms with E-state index in [4.69, 9.17) is 21.1 Å². The van der Waals surface area contributed by atoms with Gasteiger partial charge in [0.25, 0.3) is 11.6 Å². The molecule has 4 aliphatic rings. The minimum Gasteiger partial charge on any atom is -0.455 e. The molecule has 0 radical (unpaired) electrons. The van der Waals surface area contributed by atoms with E-state index >= 15 is 0 Å². The van der Waals surface area contributed by atoms with E-state index in [2.05, 4.69) is 37.0 Å². The number of likely N-dealkylation sites (tertiary alicyclic amines) is 1. The number of pyridine rings is 1. The maximum absolute atomic E-state index is 13.9. The van der Waals surface area contributed by atoms with Gasteiger partial charge in [-0.1, -0.05) is 41.8 Å². The Morgan fingerprint density at radius 1 is 1.02 bits per heavy atom. The summed E-state index contributed by atoms with van der Waals surface area (Å²) in [6.07, 6.45) is 15.0. The van der Waals surface area contributed by atoms with E-state index in [-0.39, 0.29) is 11.6 Å². The summed E-state index contributed by atoms with van der Waals surface area (Å²) in [7, 11) is 0. The second kappa shape index (κ2) is 18.0. The summed E-state index contributed by atoms with van der Waals surface area (Å²) < 4.78 is 14.8. The number of H-pyrrole nitrogens is 1. The number of hydrogen-bond donors (Lipinski definition) is 3. The fraction of sp³-hybridized carbons (Fsp3) is 0.404. The van der Waals surface area contributed by atoms with Gasteiger partial charge in [0.05, 0.1) is 16.7 Å². The number of fused-ring (bicyclic) bond motifs is 1. The van der Waals surface area contributed by atoms with Gasteiger partial charge >= 0.3 is 0 Å². The molecule has 11 nitrogen and oxygen atoms in total. The van der Waals surface area contributed by atoms with Crippen LogP contribution in [0.5, 0.6) is 11.5 Å². The molecule has 13 heteroatoms. The van der Waals surface area contributed by atoms with Crippen LogP contribution in [0.4, 0.5) is 11.4 Å². The predicted molar refractivity (Wildman–Crippen MR) is 238 cm³/mol. The molecule has 5 aromatic rings. The van der Waals surface area contributed by atoms with Gasteiger partial charge in [0.2, 0.25) is 0 Å². The van der Waals surface area contributed by atoms with E-state index in [1.807, 2.05) is 48.7 Å². The largest absolute Gasteiger partial charge is 0.455 e. The van der Waals surface area contributed by atoms with Crippen LogP contribution in [0.3, 0.4) is 0 Å². The number of hydrogen-bond acceptors (Lipinski definition) is 9. The molecule has 3 N–H and O–H groups in total. The third kappa shape index (κ3) is 9.22. The Morgan fingerprint density at radius 2 is 1.83 bits per heavy atom. The summed E-state index contributed by atoms with van der Waals surface area (Å²) in [4.78, 5) is 36.3. The molecule has 1 spiro atoms. The van der Waals surface area contributed by atoms with Crippen molar-refractivity contribution in [3.63, 3.8) is 0 Å². The van der Waals surface area contributed by atoms with Crippen LogP contribution in [0.2, 0.25) is 5.02 Å². The summed E-state index contributed by atoms with van der Waals surface area (Å²) >= 11 is 7.34. The monoisotopic (exact) mass is 846 g/mol. The van der Waals surface area contributed by atoms with Crippen molar-refractivity contribution in [3.05, 3.63) is 123 Å². The van der Waals surface area contributed by atoms with Crippen LogP contribution < -0.4 is 14.8 Å². The van der Waals surface area contributed by atoms with E-state index in [0.717, 1.165) is 78.9 Å². The first-order chi connectivity index (χ1) is 29.3. The summed E-state index contributed by atoms with van der Waals surface area (Å²) in [5.41, 5.74) is 7.61. The minimum absolute atomic E-state index is 0.0344. The van der Waals surface area contributed by atoms with E-state index in [1.165, 1.54) is 55.7 Å². The minimum atomic E-state index is -0.390. The van der Waals surface area contributed by atoms with Crippen molar-refractivity contribution in [2.75, 3.05) is 44.7 Å². The van der Waals surface area contributed by atoms with E-state index in [1.54, 1.807) is 23.9 Å². The Kier molecular flexibility index (Phi) is 12.2. The number of nitro groups is 1. The smallest absolute Gasteiger partial charge is 0.293 e. The highest BCUT2D eigenvalue weighted by molar-refractivity contribution is 7.98. The highest BCUT2D eigenvalue weighted by Gasteiger charge is 2.41. The van der Waals surface area contributed by atoms with Gasteiger partial charge in [0.1, 0.15) is 22.8 Å². The lowest BCUT2D eigenvalue weighted by molar-refractivity contribution is -0.384. The molecule has 0 atom stereocenters. The third-order valence-corrected chi connectivity index (χ3v) is 14.2. The number of halogens is 1. The number of ether oxygens (including phenoxy) is 2. The van der Waals surface area contributed by atoms with Crippen LogP contribution in [0, 0.1) is 21.4 Å². The first kappa shape index (κ1) is 40.5. The zero-order valence-corrected chi connectivity index (χ0v) is 35.3. The van der Waals surface area contributed by atoms with Gasteiger partial charge in [-0.05, 0) is 165 Å². The number of anilines is 1. The fourth-order valence-electron chi connectivity index (χ4n) is 9.49. The molecule has 3 fully saturated rings. The SMILES string of the molecule is O=C(NSc1ccc(NCC2CCOCC2)c([N+](=O)[O-])c1)c1ccc(C2CCN(CC3=C(c4ccc(Cl)cc4)CC4(CCC4)CC3)CC2)cc1Oc1cnc2[nH]ccc2c1. The average Bonchev–Trinajstić information content (AvgIpc) is 3.74. The van der Waals surface area contributed by atoms with Gasteiger partial charge in [-0.2, -0.15) is 0 Å². The van der Waals surface area contributed by atoms with Crippen molar-refractivity contribution in [1.29, 1.82) is 0 Å². The normalized spacial score (nSPS) is 18.7. The number of allylic oxidation sites excluding steroid dienone is 1. The van der Waals surface area contributed by atoms with Crippen molar-refractivity contribution in [2.45, 2.75) is 75.0 Å². The number of carbonyl (C=O) groups is 1. The highest BCUT2D eigenvalue weighted by atomic mass is 35.5. The summed E-state index contributed by atoms with van der Waals surface area (Å²) in [6.45, 7) is 5.05. The first-order valence-electron chi connectivity index (χ1n) is 21.3. The molecule has 4 heterocycles. The molecule has 0 unspecified atom stereocenters. The number of nitrogens with zero attached hydrogens (tertiary/aromatic N) is 3. The number of rotatable bonds is 13. The lowest BCUT2D eigenvalue weighted by Crippen LogP contribution is -2.37. The lowest BCUT2D eigenvalue weighted by atomic mass is 9.59.